The van der Waals surface area contributed by atoms with Crippen molar-refractivity contribution in [3.63, 3.8) is 0 Å². The number of rotatable bonds is 4. The van der Waals surface area contributed by atoms with Gasteiger partial charge in [-0.1, -0.05) is 152 Å². The molecule has 0 unspecified atom stereocenters. The van der Waals surface area contributed by atoms with Gasteiger partial charge in [0.15, 0.2) is 0 Å². The van der Waals surface area contributed by atoms with E-state index in [0.717, 1.165) is 45.5 Å². The van der Waals surface area contributed by atoms with Crippen LogP contribution in [0.15, 0.2) is 180 Å². The van der Waals surface area contributed by atoms with Crippen molar-refractivity contribution in [2.24, 2.45) is 0 Å². The summed E-state index contributed by atoms with van der Waals surface area (Å²) in [5, 5.41) is 8.63. The molecule has 0 spiro atoms. The fraction of sp³-hybridized carbons (Fsp3) is 0.0196. The normalized spacial score (nSPS) is 12.7. The first-order chi connectivity index (χ1) is 26.3. The molecule has 2 heteroatoms. The van der Waals surface area contributed by atoms with Gasteiger partial charge in [-0.05, 0) is 92.2 Å². The lowest BCUT2D eigenvalue weighted by Gasteiger charge is -2.19. The molecule has 0 aliphatic heterocycles. The summed E-state index contributed by atoms with van der Waals surface area (Å²) in [7, 11) is 0. The van der Waals surface area contributed by atoms with Crippen LogP contribution in [0.2, 0.25) is 0 Å². The highest BCUT2D eigenvalue weighted by atomic mass is 16.3. The molecule has 10 aromatic rings. The molecule has 53 heavy (non-hydrogen) atoms. The Bertz CT molecular complexity index is 3040. The average molecular weight is 676 g/mol. The molecule has 0 N–H and O–H groups in total. The largest absolute Gasteiger partial charge is 0.455 e. The van der Waals surface area contributed by atoms with E-state index in [0.29, 0.717) is 0 Å². The molecule has 0 atom stereocenters. The third-order valence-electron chi connectivity index (χ3n) is 11.0. The Kier molecular flexibility index (Phi) is 6.65. The van der Waals surface area contributed by atoms with Gasteiger partial charge in [-0.25, -0.2) is 0 Å². The van der Waals surface area contributed by atoms with Gasteiger partial charge in [-0.3, -0.25) is 0 Å². The molecule has 1 aliphatic carbocycles. The third kappa shape index (κ3) is 4.59. The van der Waals surface area contributed by atoms with E-state index in [-0.39, 0.29) is 0 Å². The molecular formula is C51H33NO. The molecule has 0 fully saturated rings. The first-order valence-electron chi connectivity index (χ1n) is 18.3. The van der Waals surface area contributed by atoms with Gasteiger partial charge in [0.1, 0.15) is 11.3 Å². The van der Waals surface area contributed by atoms with E-state index in [4.69, 9.17) is 4.42 Å². The lowest BCUT2D eigenvalue weighted by Crippen LogP contribution is -1.95. The van der Waals surface area contributed by atoms with Crippen LogP contribution >= 0.6 is 0 Å². The average Bonchev–Trinajstić information content (AvgIpc) is 3.65. The number of hydrogen-bond donors (Lipinski definition) is 0. The van der Waals surface area contributed by atoms with Crippen LogP contribution in [-0.4, -0.2) is 4.57 Å². The monoisotopic (exact) mass is 675 g/mol. The zero-order valence-corrected chi connectivity index (χ0v) is 29.0. The van der Waals surface area contributed by atoms with Crippen molar-refractivity contribution in [1.29, 1.82) is 0 Å². The number of fused-ring (bicyclic) bond motifs is 8. The molecular weight excluding hydrogens is 643 g/mol. The maximum atomic E-state index is 6.55. The molecule has 2 nitrogen and oxygen atoms in total. The zero-order valence-electron chi connectivity index (χ0n) is 29.0. The lowest BCUT2D eigenvalue weighted by molar-refractivity contribution is 0.604. The van der Waals surface area contributed by atoms with E-state index in [1.165, 1.54) is 65.6 Å². The quantitative estimate of drug-likeness (QED) is 0.170. The first-order valence-corrected chi connectivity index (χ1v) is 18.3. The molecule has 1 aliphatic rings. The molecule has 0 bridgehead atoms. The second-order valence-electron chi connectivity index (χ2n) is 13.9. The third-order valence-corrected chi connectivity index (χ3v) is 11.0. The highest BCUT2D eigenvalue weighted by Gasteiger charge is 2.20. The second kappa shape index (κ2) is 11.8. The van der Waals surface area contributed by atoms with Crippen molar-refractivity contribution in [2.75, 3.05) is 0 Å². The molecule has 11 rings (SSSR count). The Morgan fingerprint density at radius 3 is 1.58 bits per heavy atom. The summed E-state index contributed by atoms with van der Waals surface area (Å²) in [6, 6.07) is 59.8. The molecule has 2 heterocycles. The minimum Gasteiger partial charge on any atom is -0.455 e. The molecule has 2 aromatic heterocycles. The number of benzene rings is 8. The fourth-order valence-corrected chi connectivity index (χ4v) is 8.71. The Morgan fingerprint density at radius 1 is 0.415 bits per heavy atom. The minimum absolute atomic E-state index is 0.918. The molecule has 0 saturated heterocycles. The molecule has 0 saturated carbocycles. The molecule has 0 radical (unpaired) electrons. The smallest absolute Gasteiger partial charge is 0.143 e. The number of hydrogen-bond acceptors (Lipinski definition) is 1. The van der Waals surface area contributed by atoms with Gasteiger partial charge in [-0.2, -0.15) is 0 Å². The Morgan fingerprint density at radius 2 is 0.925 bits per heavy atom. The number of para-hydroxylation sites is 3. The minimum atomic E-state index is 0.918. The van der Waals surface area contributed by atoms with Crippen LogP contribution in [0.1, 0.15) is 17.7 Å². The van der Waals surface area contributed by atoms with Crippen LogP contribution in [0.5, 0.6) is 0 Å². The van der Waals surface area contributed by atoms with Crippen LogP contribution in [0.4, 0.5) is 0 Å². The summed E-state index contributed by atoms with van der Waals surface area (Å²) in [4.78, 5) is 0. The van der Waals surface area contributed by atoms with Crippen LogP contribution in [0.3, 0.4) is 0 Å². The van der Waals surface area contributed by atoms with E-state index in [1.54, 1.807) is 0 Å². The van der Waals surface area contributed by atoms with E-state index in [2.05, 4.69) is 193 Å². The standard InChI is InChI=1S/C51H33NO/c1-2-21-40-45-27-14-26-37(51(45)53-48(40)30-3-1)33-15-12-16-34(31-33)49-41-22-4-6-24-43(41)50(44-25-7-5-23-42(44)49)35-17-13-18-36(32-35)52-46-28-10-8-19-38(46)39-20-9-11-29-47(39)52/h2-32H,1H2. The number of allylic oxidation sites excluding steroid dienone is 2. The second-order valence-corrected chi connectivity index (χ2v) is 13.9. The summed E-state index contributed by atoms with van der Waals surface area (Å²) in [5.74, 6) is 0.923. The van der Waals surface area contributed by atoms with Crippen molar-refractivity contribution in [3.05, 3.63) is 187 Å². The summed E-state index contributed by atoms with van der Waals surface area (Å²) < 4.78 is 8.96. The van der Waals surface area contributed by atoms with Gasteiger partial charge < -0.3 is 8.98 Å². The van der Waals surface area contributed by atoms with Crippen molar-refractivity contribution in [2.45, 2.75) is 6.42 Å². The van der Waals surface area contributed by atoms with Crippen molar-refractivity contribution < 1.29 is 4.42 Å². The predicted molar refractivity (Wildman–Crippen MR) is 225 cm³/mol. The van der Waals surface area contributed by atoms with Gasteiger partial charge in [-0.15, -0.1) is 0 Å². The van der Waals surface area contributed by atoms with Crippen molar-refractivity contribution in [1.82, 2.24) is 4.57 Å². The highest BCUT2D eigenvalue weighted by Crippen LogP contribution is 2.45. The van der Waals surface area contributed by atoms with Gasteiger partial charge in [0.2, 0.25) is 0 Å². The van der Waals surface area contributed by atoms with Crippen molar-refractivity contribution >= 4 is 66.5 Å². The van der Waals surface area contributed by atoms with Gasteiger partial charge in [0, 0.05) is 33.0 Å². The lowest BCUT2D eigenvalue weighted by atomic mass is 9.85. The first kappa shape index (κ1) is 29.8. The van der Waals surface area contributed by atoms with Crippen LogP contribution in [0, 0.1) is 0 Å². The Hall–Kier alpha value is -6.90. The van der Waals surface area contributed by atoms with Crippen LogP contribution in [0.25, 0.3) is 106 Å². The summed E-state index contributed by atoms with van der Waals surface area (Å²) in [6.45, 7) is 0. The van der Waals surface area contributed by atoms with Crippen LogP contribution in [-0.2, 0) is 0 Å². The fourth-order valence-electron chi connectivity index (χ4n) is 8.71. The SMILES string of the molecule is C1=Cc2oc3c(-c4cccc(-c5c6ccccc6c(-c6cccc(-n7c8ccccc8c8ccccc87)c6)c6ccccc56)c4)cccc3c2C=CC1. The topological polar surface area (TPSA) is 18.1 Å². The number of nitrogens with zero attached hydrogens (tertiary/aromatic N) is 1. The zero-order chi connectivity index (χ0) is 34.9. The summed E-state index contributed by atoms with van der Waals surface area (Å²) in [5.41, 5.74) is 12.8. The molecule has 8 aromatic carbocycles. The number of aromatic nitrogens is 1. The van der Waals surface area contributed by atoms with E-state index in [9.17, 15) is 0 Å². The molecule has 248 valence electrons. The van der Waals surface area contributed by atoms with E-state index < -0.39 is 0 Å². The van der Waals surface area contributed by atoms with E-state index >= 15 is 0 Å². The predicted octanol–water partition coefficient (Wildman–Crippen LogP) is 14.3. The maximum Gasteiger partial charge on any atom is 0.143 e. The Balaban J connectivity index is 1.12. The van der Waals surface area contributed by atoms with Crippen LogP contribution < -0.4 is 0 Å². The summed E-state index contributed by atoms with van der Waals surface area (Å²) in [6.07, 6.45) is 9.58. The number of furan rings is 1. The van der Waals surface area contributed by atoms with Gasteiger partial charge >= 0.3 is 0 Å². The summed E-state index contributed by atoms with van der Waals surface area (Å²) >= 11 is 0. The van der Waals surface area contributed by atoms with Crippen molar-refractivity contribution in [3.8, 4) is 39.1 Å². The Labute approximate surface area is 307 Å². The van der Waals surface area contributed by atoms with Gasteiger partial charge in [0.05, 0.1) is 11.0 Å². The highest BCUT2D eigenvalue weighted by molar-refractivity contribution is 6.21. The van der Waals surface area contributed by atoms with E-state index in [1.807, 2.05) is 0 Å². The maximum absolute atomic E-state index is 6.55. The van der Waals surface area contributed by atoms with Gasteiger partial charge in [0.25, 0.3) is 0 Å². The molecule has 0 amide bonds.